The second kappa shape index (κ2) is 8.46. The van der Waals surface area contributed by atoms with Crippen LogP contribution in [0.25, 0.3) is 0 Å². The van der Waals surface area contributed by atoms with Crippen LogP contribution < -0.4 is 0 Å². The Morgan fingerprint density at radius 1 is 1.29 bits per heavy atom. The van der Waals surface area contributed by atoms with Crippen molar-refractivity contribution in [3.63, 3.8) is 0 Å². The van der Waals surface area contributed by atoms with E-state index in [4.69, 9.17) is 9.47 Å². The van der Waals surface area contributed by atoms with Crippen LogP contribution in [0.5, 0.6) is 0 Å². The summed E-state index contributed by atoms with van der Waals surface area (Å²) in [6.07, 6.45) is 1.79. The minimum atomic E-state index is -0.322. The fourth-order valence-corrected chi connectivity index (χ4v) is 3.54. The zero-order chi connectivity index (χ0) is 17.7. The molecule has 2 amide bonds. The van der Waals surface area contributed by atoms with Gasteiger partial charge in [0.1, 0.15) is 0 Å². The first-order chi connectivity index (χ1) is 11.5. The van der Waals surface area contributed by atoms with Gasteiger partial charge in [-0.15, -0.1) is 0 Å². The van der Waals surface area contributed by atoms with Crippen molar-refractivity contribution in [3.8, 4) is 0 Å². The molecule has 0 aromatic carbocycles. The summed E-state index contributed by atoms with van der Waals surface area (Å²) >= 11 is 0. The number of esters is 1. The summed E-state index contributed by atoms with van der Waals surface area (Å²) in [6.45, 7) is 6.00. The van der Waals surface area contributed by atoms with E-state index in [0.717, 1.165) is 12.8 Å². The van der Waals surface area contributed by atoms with E-state index in [9.17, 15) is 14.4 Å². The van der Waals surface area contributed by atoms with Crippen LogP contribution in [-0.2, 0) is 23.9 Å². The Hall–Kier alpha value is -1.63. The van der Waals surface area contributed by atoms with Crippen molar-refractivity contribution >= 4 is 17.8 Å². The van der Waals surface area contributed by atoms with Gasteiger partial charge in [-0.1, -0.05) is 0 Å². The van der Waals surface area contributed by atoms with Crippen LogP contribution in [0.3, 0.4) is 0 Å². The highest BCUT2D eigenvalue weighted by Crippen LogP contribution is 2.25. The quantitative estimate of drug-likeness (QED) is 0.664. The van der Waals surface area contributed by atoms with Gasteiger partial charge in [0.2, 0.25) is 11.8 Å². The van der Waals surface area contributed by atoms with E-state index in [1.54, 1.807) is 23.8 Å². The molecule has 0 N–H and O–H groups in total. The first-order valence-electron chi connectivity index (χ1n) is 8.71. The van der Waals surface area contributed by atoms with Gasteiger partial charge < -0.3 is 19.3 Å². The van der Waals surface area contributed by atoms with E-state index >= 15 is 0 Å². The average molecular weight is 340 g/mol. The molecule has 2 heterocycles. The van der Waals surface area contributed by atoms with E-state index in [1.807, 2.05) is 6.92 Å². The molecule has 7 nitrogen and oxygen atoms in total. The number of piperidine rings is 1. The summed E-state index contributed by atoms with van der Waals surface area (Å²) in [5.74, 6) is -0.824. The van der Waals surface area contributed by atoms with Crippen molar-refractivity contribution in [2.24, 2.45) is 11.8 Å². The molecule has 7 heteroatoms. The molecule has 2 fully saturated rings. The highest BCUT2D eigenvalue weighted by molar-refractivity contribution is 5.89. The molecule has 0 unspecified atom stereocenters. The number of amides is 2. The van der Waals surface area contributed by atoms with Gasteiger partial charge >= 0.3 is 5.97 Å². The highest BCUT2D eigenvalue weighted by Gasteiger charge is 2.40. The minimum Gasteiger partial charge on any atom is -0.466 e. The average Bonchev–Trinajstić information content (AvgIpc) is 2.96. The second-order valence-electron chi connectivity index (χ2n) is 6.63. The summed E-state index contributed by atoms with van der Waals surface area (Å²) in [4.78, 5) is 40.3. The molecular formula is C17H28N2O5. The fraction of sp³-hybridized carbons (Fsp3) is 0.824. The van der Waals surface area contributed by atoms with Crippen LogP contribution in [0.1, 0.15) is 33.1 Å². The molecule has 0 bridgehead atoms. The molecule has 0 aromatic rings. The third kappa shape index (κ3) is 4.26. The number of carbonyl (C=O) groups excluding carboxylic acids is 3. The number of ether oxygens (including phenoxy) is 2. The summed E-state index contributed by atoms with van der Waals surface area (Å²) in [5.41, 5.74) is 0. The Bertz CT molecular complexity index is 482. The number of methoxy groups -OCH3 is 1. The Morgan fingerprint density at radius 3 is 2.71 bits per heavy atom. The number of likely N-dealkylation sites (tertiary alicyclic amines) is 2. The normalized spacial score (nSPS) is 25.7. The third-order valence-corrected chi connectivity index (χ3v) is 4.80. The Morgan fingerprint density at radius 2 is 2.04 bits per heavy atom. The maximum absolute atomic E-state index is 12.8. The smallest absolute Gasteiger partial charge is 0.310 e. The number of hydrogen-bond acceptors (Lipinski definition) is 5. The van der Waals surface area contributed by atoms with Crippen molar-refractivity contribution in [1.82, 2.24) is 9.80 Å². The Labute approximate surface area is 143 Å². The zero-order valence-electron chi connectivity index (χ0n) is 14.8. The molecule has 24 heavy (non-hydrogen) atoms. The van der Waals surface area contributed by atoms with Crippen LogP contribution in [0.15, 0.2) is 0 Å². The molecule has 2 aliphatic rings. The largest absolute Gasteiger partial charge is 0.466 e. The first kappa shape index (κ1) is 18.7. The first-order valence-corrected chi connectivity index (χ1v) is 8.71. The summed E-state index contributed by atoms with van der Waals surface area (Å²) in [6, 6.07) is -0.0334. The van der Waals surface area contributed by atoms with Gasteiger partial charge in [0.05, 0.1) is 31.1 Å². The van der Waals surface area contributed by atoms with Crippen LogP contribution in [-0.4, -0.2) is 73.6 Å². The Balaban J connectivity index is 1.94. The van der Waals surface area contributed by atoms with Crippen molar-refractivity contribution in [2.45, 2.75) is 39.2 Å². The van der Waals surface area contributed by atoms with Crippen LogP contribution >= 0.6 is 0 Å². The van der Waals surface area contributed by atoms with E-state index < -0.39 is 0 Å². The van der Waals surface area contributed by atoms with Crippen LogP contribution in [0, 0.1) is 11.8 Å². The molecule has 2 rings (SSSR count). The van der Waals surface area contributed by atoms with Crippen LogP contribution in [0.4, 0.5) is 0 Å². The molecule has 0 spiro atoms. The van der Waals surface area contributed by atoms with Crippen molar-refractivity contribution < 1.29 is 23.9 Å². The predicted molar refractivity (Wildman–Crippen MR) is 87.1 cm³/mol. The Kier molecular flexibility index (Phi) is 6.60. The number of hydrogen-bond donors (Lipinski definition) is 0. The molecule has 0 aromatic heterocycles. The second-order valence-corrected chi connectivity index (χ2v) is 6.63. The molecule has 0 radical (unpaired) electrons. The van der Waals surface area contributed by atoms with Crippen molar-refractivity contribution in [3.05, 3.63) is 0 Å². The number of rotatable bonds is 6. The fourth-order valence-electron chi connectivity index (χ4n) is 3.54. The standard InChI is InChI=1S/C17H28N2O5/c1-4-24-17(22)13-6-5-7-18(9-13)16(21)14-8-15(20)19(10-14)12(2)11-23-3/h12-14H,4-11H2,1-3H3/t12-,13+,14+/m0/s1. The van der Waals surface area contributed by atoms with Gasteiger partial charge in [0.25, 0.3) is 0 Å². The van der Waals surface area contributed by atoms with Gasteiger partial charge in [-0.25, -0.2) is 0 Å². The summed E-state index contributed by atoms with van der Waals surface area (Å²) in [5, 5.41) is 0. The molecule has 3 atom stereocenters. The lowest BCUT2D eigenvalue weighted by Crippen LogP contribution is -2.46. The van der Waals surface area contributed by atoms with Gasteiger partial charge in [0.15, 0.2) is 0 Å². The molecule has 2 saturated heterocycles. The summed E-state index contributed by atoms with van der Waals surface area (Å²) in [7, 11) is 1.60. The van der Waals surface area contributed by atoms with Gasteiger partial charge in [-0.3, -0.25) is 14.4 Å². The number of nitrogens with zero attached hydrogens (tertiary/aromatic N) is 2. The topological polar surface area (TPSA) is 76.2 Å². The summed E-state index contributed by atoms with van der Waals surface area (Å²) < 4.78 is 10.2. The number of carbonyl (C=O) groups is 3. The maximum Gasteiger partial charge on any atom is 0.310 e. The van der Waals surface area contributed by atoms with E-state index in [2.05, 4.69) is 0 Å². The van der Waals surface area contributed by atoms with Gasteiger partial charge in [0, 0.05) is 33.2 Å². The van der Waals surface area contributed by atoms with Crippen molar-refractivity contribution in [2.75, 3.05) is 40.0 Å². The monoisotopic (exact) mass is 340 g/mol. The van der Waals surface area contributed by atoms with E-state index in [0.29, 0.717) is 32.8 Å². The molecule has 2 aliphatic heterocycles. The molecule has 136 valence electrons. The van der Waals surface area contributed by atoms with Crippen molar-refractivity contribution in [1.29, 1.82) is 0 Å². The third-order valence-electron chi connectivity index (χ3n) is 4.80. The highest BCUT2D eigenvalue weighted by atomic mass is 16.5. The van der Waals surface area contributed by atoms with E-state index in [-0.39, 0.29) is 42.1 Å². The van der Waals surface area contributed by atoms with Gasteiger partial charge in [-0.2, -0.15) is 0 Å². The molecule has 0 saturated carbocycles. The maximum atomic E-state index is 12.8. The lowest BCUT2D eigenvalue weighted by molar-refractivity contribution is -0.152. The lowest BCUT2D eigenvalue weighted by atomic mass is 9.96. The zero-order valence-corrected chi connectivity index (χ0v) is 14.8. The minimum absolute atomic E-state index is 0.00291. The lowest BCUT2D eigenvalue weighted by Gasteiger charge is -2.33. The van der Waals surface area contributed by atoms with E-state index in [1.165, 1.54) is 0 Å². The molecular weight excluding hydrogens is 312 g/mol. The SMILES string of the molecule is CCOC(=O)[C@@H]1CCCN(C(=O)[C@@H]2CC(=O)N([C@@H](C)COC)C2)C1. The van der Waals surface area contributed by atoms with Crippen LogP contribution in [0.2, 0.25) is 0 Å². The predicted octanol–water partition coefficient (Wildman–Crippen LogP) is 0.672. The molecule has 0 aliphatic carbocycles. The van der Waals surface area contributed by atoms with Gasteiger partial charge in [-0.05, 0) is 26.7 Å².